The van der Waals surface area contributed by atoms with Crippen LogP contribution in [0.4, 0.5) is 0 Å². The standard InChI is InChI=1S/C16H13N3O3S/c20-14-13-10-2-1-3-11(10)23-15(13)19-12(18-14)8-22-16(21)9-4-6-17-7-5-9/h4-7H,1-3,8H2,(H,18,19,20). The smallest absolute Gasteiger partial charge is 0.338 e. The predicted octanol–water partition coefficient (Wildman–Crippen LogP) is 2.23. The van der Waals surface area contributed by atoms with Crippen molar-refractivity contribution >= 4 is 27.5 Å². The summed E-state index contributed by atoms with van der Waals surface area (Å²) >= 11 is 1.57. The summed E-state index contributed by atoms with van der Waals surface area (Å²) in [5.74, 6) is -0.103. The van der Waals surface area contributed by atoms with E-state index in [1.807, 2.05) is 0 Å². The van der Waals surface area contributed by atoms with E-state index in [9.17, 15) is 9.59 Å². The van der Waals surface area contributed by atoms with Crippen molar-refractivity contribution in [3.05, 3.63) is 56.7 Å². The van der Waals surface area contributed by atoms with Gasteiger partial charge >= 0.3 is 5.97 Å². The highest BCUT2D eigenvalue weighted by atomic mass is 32.1. The van der Waals surface area contributed by atoms with Crippen LogP contribution in [-0.2, 0) is 24.2 Å². The van der Waals surface area contributed by atoms with Gasteiger partial charge in [-0.05, 0) is 37.0 Å². The van der Waals surface area contributed by atoms with Gasteiger partial charge in [-0.25, -0.2) is 9.78 Å². The van der Waals surface area contributed by atoms with Crippen molar-refractivity contribution in [2.45, 2.75) is 25.9 Å². The summed E-state index contributed by atoms with van der Waals surface area (Å²) in [5.41, 5.74) is 1.40. The van der Waals surface area contributed by atoms with Crippen LogP contribution in [0.5, 0.6) is 0 Å². The third kappa shape index (κ3) is 2.53. The third-order valence-corrected chi connectivity index (χ3v) is 5.07. The van der Waals surface area contributed by atoms with Crippen molar-refractivity contribution in [3.63, 3.8) is 0 Å². The van der Waals surface area contributed by atoms with Crippen LogP contribution in [-0.4, -0.2) is 20.9 Å². The number of H-pyrrole nitrogens is 1. The van der Waals surface area contributed by atoms with Gasteiger partial charge in [-0.1, -0.05) is 0 Å². The Kier molecular flexibility index (Phi) is 3.42. The molecular formula is C16H13N3O3S. The van der Waals surface area contributed by atoms with Gasteiger partial charge in [0.1, 0.15) is 17.3 Å². The number of pyridine rings is 1. The highest BCUT2D eigenvalue weighted by Gasteiger charge is 2.21. The number of carbonyl (C=O) groups is 1. The quantitative estimate of drug-likeness (QED) is 0.746. The maximum atomic E-state index is 12.3. The number of carbonyl (C=O) groups excluding carboxylic acids is 1. The van der Waals surface area contributed by atoms with Gasteiger partial charge in [-0.2, -0.15) is 0 Å². The van der Waals surface area contributed by atoms with Gasteiger partial charge in [-0.3, -0.25) is 9.78 Å². The van der Waals surface area contributed by atoms with Gasteiger partial charge in [0.25, 0.3) is 5.56 Å². The fraction of sp³-hybridized carbons (Fsp3) is 0.250. The van der Waals surface area contributed by atoms with Gasteiger partial charge in [-0.15, -0.1) is 11.3 Å². The van der Waals surface area contributed by atoms with E-state index in [1.54, 1.807) is 23.5 Å². The largest absolute Gasteiger partial charge is 0.454 e. The second-order valence-electron chi connectivity index (χ2n) is 5.36. The van der Waals surface area contributed by atoms with E-state index in [4.69, 9.17) is 4.74 Å². The molecule has 0 bridgehead atoms. The summed E-state index contributed by atoms with van der Waals surface area (Å²) in [6.45, 7) is -0.0606. The summed E-state index contributed by atoms with van der Waals surface area (Å²) in [5, 5.41) is 0.701. The Morgan fingerprint density at radius 2 is 2.13 bits per heavy atom. The van der Waals surface area contributed by atoms with Gasteiger partial charge in [0, 0.05) is 17.3 Å². The van der Waals surface area contributed by atoms with Gasteiger partial charge in [0.2, 0.25) is 0 Å². The fourth-order valence-electron chi connectivity index (χ4n) is 2.82. The zero-order valence-corrected chi connectivity index (χ0v) is 13.0. The molecular weight excluding hydrogens is 314 g/mol. The van der Waals surface area contributed by atoms with Crippen LogP contribution in [0.2, 0.25) is 0 Å². The molecule has 0 radical (unpaired) electrons. The van der Waals surface area contributed by atoms with E-state index < -0.39 is 5.97 Å². The lowest BCUT2D eigenvalue weighted by molar-refractivity contribution is 0.0462. The molecule has 0 fully saturated rings. The predicted molar refractivity (Wildman–Crippen MR) is 85.6 cm³/mol. The number of fused-ring (bicyclic) bond motifs is 3. The van der Waals surface area contributed by atoms with E-state index in [0.29, 0.717) is 16.8 Å². The Morgan fingerprint density at radius 3 is 2.96 bits per heavy atom. The van der Waals surface area contributed by atoms with E-state index in [2.05, 4.69) is 15.0 Å². The van der Waals surface area contributed by atoms with E-state index >= 15 is 0 Å². The Labute approximate surface area is 135 Å². The van der Waals surface area contributed by atoms with Crippen LogP contribution in [0, 0.1) is 0 Å². The topological polar surface area (TPSA) is 84.9 Å². The summed E-state index contributed by atoms with van der Waals surface area (Å²) in [4.78, 5) is 37.2. The molecule has 1 aliphatic rings. The molecule has 116 valence electrons. The van der Waals surface area contributed by atoms with Crippen molar-refractivity contribution in [3.8, 4) is 0 Å². The fourth-order valence-corrected chi connectivity index (χ4v) is 4.10. The van der Waals surface area contributed by atoms with Crippen LogP contribution < -0.4 is 5.56 Å². The van der Waals surface area contributed by atoms with Crippen LogP contribution in [0.1, 0.15) is 33.0 Å². The van der Waals surface area contributed by atoms with Gasteiger partial charge < -0.3 is 9.72 Å². The lowest BCUT2D eigenvalue weighted by atomic mass is 10.2. The Bertz CT molecular complexity index is 946. The highest BCUT2D eigenvalue weighted by Crippen LogP contribution is 2.34. The number of hydrogen-bond donors (Lipinski definition) is 1. The maximum absolute atomic E-state index is 12.3. The first-order valence-corrected chi connectivity index (χ1v) is 8.14. The monoisotopic (exact) mass is 327 g/mol. The molecule has 0 atom stereocenters. The normalized spacial score (nSPS) is 13.2. The van der Waals surface area contributed by atoms with Crippen molar-refractivity contribution in [1.29, 1.82) is 0 Å². The summed E-state index contributed by atoms with van der Waals surface area (Å²) in [7, 11) is 0. The number of nitrogens with one attached hydrogen (secondary N) is 1. The first-order chi connectivity index (χ1) is 11.2. The molecule has 3 aromatic heterocycles. The minimum Gasteiger partial charge on any atom is -0.454 e. The number of esters is 1. The second kappa shape index (κ2) is 5.58. The molecule has 0 spiro atoms. The minimum absolute atomic E-state index is 0.0606. The average molecular weight is 327 g/mol. The number of aryl methyl sites for hydroxylation is 2. The molecule has 0 saturated heterocycles. The lowest BCUT2D eigenvalue weighted by Gasteiger charge is -2.04. The highest BCUT2D eigenvalue weighted by molar-refractivity contribution is 7.18. The van der Waals surface area contributed by atoms with E-state index in [0.717, 1.165) is 29.7 Å². The van der Waals surface area contributed by atoms with E-state index in [-0.39, 0.29) is 12.2 Å². The summed E-state index contributed by atoms with van der Waals surface area (Å²) < 4.78 is 5.20. The Balaban J connectivity index is 1.58. The number of ether oxygens (including phenoxy) is 1. The van der Waals surface area contributed by atoms with Crippen molar-refractivity contribution < 1.29 is 9.53 Å². The van der Waals surface area contributed by atoms with Crippen molar-refractivity contribution in [2.24, 2.45) is 0 Å². The molecule has 6 nitrogen and oxygen atoms in total. The SMILES string of the molecule is O=C(OCc1nc2sc3c(c2c(=O)[nH]1)CCC3)c1ccncc1. The zero-order chi connectivity index (χ0) is 15.8. The number of thiophene rings is 1. The molecule has 0 aliphatic heterocycles. The molecule has 3 aromatic rings. The molecule has 0 unspecified atom stereocenters. The average Bonchev–Trinajstić information content (AvgIpc) is 3.13. The van der Waals surface area contributed by atoms with E-state index in [1.165, 1.54) is 17.3 Å². The van der Waals surface area contributed by atoms with Crippen LogP contribution in [0.25, 0.3) is 10.2 Å². The molecule has 3 heterocycles. The molecule has 0 amide bonds. The molecule has 4 rings (SSSR count). The molecule has 23 heavy (non-hydrogen) atoms. The first-order valence-electron chi connectivity index (χ1n) is 7.33. The minimum atomic E-state index is -0.469. The Hall–Kier alpha value is -2.54. The number of hydrogen-bond acceptors (Lipinski definition) is 6. The van der Waals surface area contributed by atoms with Crippen LogP contribution in [0.3, 0.4) is 0 Å². The Morgan fingerprint density at radius 1 is 1.30 bits per heavy atom. The zero-order valence-electron chi connectivity index (χ0n) is 12.2. The molecule has 1 N–H and O–H groups in total. The third-order valence-electron chi connectivity index (χ3n) is 3.88. The van der Waals surface area contributed by atoms with Crippen molar-refractivity contribution in [1.82, 2.24) is 15.0 Å². The molecule has 1 aliphatic carbocycles. The number of aromatic nitrogens is 3. The summed E-state index contributed by atoms with van der Waals surface area (Å²) in [6.07, 6.45) is 6.10. The first kappa shape index (κ1) is 14.1. The van der Waals surface area contributed by atoms with Crippen LogP contribution >= 0.6 is 11.3 Å². The second-order valence-corrected chi connectivity index (χ2v) is 6.45. The number of aromatic amines is 1. The van der Waals surface area contributed by atoms with Crippen LogP contribution in [0.15, 0.2) is 29.3 Å². The lowest BCUT2D eigenvalue weighted by Crippen LogP contribution is -2.14. The maximum Gasteiger partial charge on any atom is 0.338 e. The van der Waals surface area contributed by atoms with Gasteiger partial charge in [0.05, 0.1) is 10.9 Å². The summed E-state index contributed by atoms with van der Waals surface area (Å²) in [6, 6.07) is 3.15. The molecule has 7 heteroatoms. The number of rotatable bonds is 3. The molecule has 0 saturated carbocycles. The molecule has 0 aromatic carbocycles. The number of nitrogens with zero attached hydrogens (tertiary/aromatic N) is 2. The van der Waals surface area contributed by atoms with Crippen molar-refractivity contribution in [2.75, 3.05) is 0 Å². The van der Waals surface area contributed by atoms with Gasteiger partial charge in [0.15, 0.2) is 0 Å².